The average molecular weight is 347 g/mol. The fourth-order valence-corrected chi connectivity index (χ4v) is 2.79. The van der Waals surface area contributed by atoms with Crippen LogP contribution in [-0.2, 0) is 12.8 Å². The zero-order valence-corrected chi connectivity index (χ0v) is 14.4. The van der Waals surface area contributed by atoms with Crippen molar-refractivity contribution in [3.8, 4) is 0 Å². The van der Waals surface area contributed by atoms with E-state index in [4.69, 9.17) is 0 Å². The molecule has 0 fully saturated rings. The average Bonchev–Trinajstić information content (AvgIpc) is 2.47. The van der Waals surface area contributed by atoms with Crippen LogP contribution in [0.15, 0.2) is 47.1 Å². The van der Waals surface area contributed by atoms with Crippen molar-refractivity contribution in [2.75, 3.05) is 6.54 Å². The zero-order valence-electron chi connectivity index (χ0n) is 12.8. The molecular weight excluding hydrogens is 324 g/mol. The topological polar surface area (TPSA) is 24.9 Å². The molecule has 3 heteroatoms. The van der Waals surface area contributed by atoms with Gasteiger partial charge in [-0.2, -0.15) is 0 Å². The summed E-state index contributed by atoms with van der Waals surface area (Å²) in [5, 5.41) is 3.58. The lowest BCUT2D eigenvalue weighted by molar-refractivity contribution is 0.487. The predicted molar refractivity (Wildman–Crippen MR) is 92.6 cm³/mol. The van der Waals surface area contributed by atoms with E-state index < -0.39 is 0 Å². The first-order chi connectivity index (χ1) is 10.2. The first kappa shape index (κ1) is 16.2. The Morgan fingerprint density at radius 1 is 1.24 bits per heavy atom. The van der Waals surface area contributed by atoms with Gasteiger partial charge in [0.05, 0.1) is 0 Å². The van der Waals surface area contributed by atoms with Crippen LogP contribution in [0, 0.1) is 6.92 Å². The molecule has 0 bridgehead atoms. The van der Waals surface area contributed by atoms with Gasteiger partial charge >= 0.3 is 0 Å². The molecule has 2 rings (SSSR count). The quantitative estimate of drug-likeness (QED) is 0.808. The Morgan fingerprint density at radius 2 is 2.10 bits per heavy atom. The van der Waals surface area contributed by atoms with Crippen LogP contribution < -0.4 is 5.32 Å². The van der Waals surface area contributed by atoms with E-state index in [1.54, 1.807) is 0 Å². The van der Waals surface area contributed by atoms with E-state index >= 15 is 0 Å². The number of nitrogens with one attached hydrogen (secondary N) is 1. The fourth-order valence-electron chi connectivity index (χ4n) is 2.55. The number of hydrogen-bond acceptors (Lipinski definition) is 2. The van der Waals surface area contributed by atoms with Crippen molar-refractivity contribution < 1.29 is 0 Å². The van der Waals surface area contributed by atoms with Gasteiger partial charge in [0.25, 0.3) is 0 Å². The molecule has 0 spiro atoms. The van der Waals surface area contributed by atoms with Gasteiger partial charge in [0.15, 0.2) is 0 Å². The Labute approximate surface area is 136 Å². The van der Waals surface area contributed by atoms with E-state index in [2.05, 4.69) is 76.5 Å². The highest BCUT2D eigenvalue weighted by atomic mass is 79.9. The summed E-state index contributed by atoms with van der Waals surface area (Å²) in [5.41, 5.74) is 3.90. The number of aromatic nitrogens is 1. The minimum absolute atomic E-state index is 0.476. The van der Waals surface area contributed by atoms with Crippen molar-refractivity contribution in [1.82, 2.24) is 10.3 Å². The number of likely N-dealkylation sites (N-methyl/N-ethyl adjacent to an activating group) is 1. The lowest BCUT2D eigenvalue weighted by Gasteiger charge is -2.17. The van der Waals surface area contributed by atoms with Crippen molar-refractivity contribution in [3.05, 3.63) is 63.9 Å². The predicted octanol–water partition coefficient (Wildman–Crippen LogP) is 4.31. The second-order valence-electron chi connectivity index (χ2n) is 5.45. The summed E-state index contributed by atoms with van der Waals surface area (Å²) in [7, 11) is 0. The lowest BCUT2D eigenvalue weighted by atomic mass is 10.0. The van der Waals surface area contributed by atoms with E-state index in [0.717, 1.165) is 36.0 Å². The first-order valence-electron chi connectivity index (χ1n) is 7.56. The summed E-state index contributed by atoms with van der Waals surface area (Å²) < 4.78 is 1.03. The molecule has 2 nitrogen and oxygen atoms in total. The molecule has 0 saturated heterocycles. The van der Waals surface area contributed by atoms with Crippen LogP contribution in [0.1, 0.15) is 30.2 Å². The number of aryl methyl sites for hydroxylation is 2. The number of rotatable bonds is 7. The molecule has 112 valence electrons. The van der Waals surface area contributed by atoms with E-state index in [0.29, 0.717) is 6.04 Å². The van der Waals surface area contributed by atoms with Gasteiger partial charge in [-0.1, -0.05) is 36.8 Å². The Morgan fingerprint density at radius 3 is 2.76 bits per heavy atom. The van der Waals surface area contributed by atoms with Crippen LogP contribution in [0.4, 0.5) is 0 Å². The molecule has 1 aromatic heterocycles. The molecular formula is C18H23BrN2. The van der Waals surface area contributed by atoms with Gasteiger partial charge in [-0.25, -0.2) is 0 Å². The van der Waals surface area contributed by atoms with Crippen LogP contribution >= 0.6 is 15.9 Å². The zero-order chi connectivity index (χ0) is 15.1. The lowest BCUT2D eigenvalue weighted by Crippen LogP contribution is -2.31. The maximum atomic E-state index is 4.48. The third-order valence-electron chi connectivity index (χ3n) is 3.60. The maximum absolute atomic E-state index is 4.48. The van der Waals surface area contributed by atoms with Gasteiger partial charge in [0, 0.05) is 28.8 Å². The van der Waals surface area contributed by atoms with E-state index in [1.165, 1.54) is 11.1 Å². The van der Waals surface area contributed by atoms with Crippen molar-refractivity contribution >= 4 is 15.9 Å². The number of nitrogens with zero attached hydrogens (tertiary/aromatic N) is 1. The van der Waals surface area contributed by atoms with E-state index in [1.807, 2.05) is 6.20 Å². The second-order valence-corrected chi connectivity index (χ2v) is 6.37. The molecule has 1 N–H and O–H groups in total. The Kier molecular flexibility index (Phi) is 6.40. The molecule has 0 aliphatic heterocycles. The third kappa shape index (κ3) is 5.60. The summed E-state index contributed by atoms with van der Waals surface area (Å²) in [5.74, 6) is 0. The molecule has 1 aromatic carbocycles. The minimum Gasteiger partial charge on any atom is -0.314 e. The van der Waals surface area contributed by atoms with Gasteiger partial charge in [0.1, 0.15) is 0 Å². The van der Waals surface area contributed by atoms with E-state index in [-0.39, 0.29) is 0 Å². The largest absolute Gasteiger partial charge is 0.314 e. The second kappa shape index (κ2) is 8.30. The standard InChI is InChI=1S/C18H23BrN2/c1-3-20-17(12-18-10-8-16(19)13-21-18)9-7-15-6-4-5-14(2)11-15/h4-6,8,10-11,13,17,20H,3,7,9,12H2,1-2H3. The van der Waals surface area contributed by atoms with Crippen molar-refractivity contribution in [2.24, 2.45) is 0 Å². The van der Waals surface area contributed by atoms with Crippen molar-refractivity contribution in [1.29, 1.82) is 0 Å². The smallest absolute Gasteiger partial charge is 0.0419 e. The van der Waals surface area contributed by atoms with Crippen LogP contribution in [0.5, 0.6) is 0 Å². The molecule has 0 aliphatic rings. The minimum atomic E-state index is 0.476. The third-order valence-corrected chi connectivity index (χ3v) is 4.07. The van der Waals surface area contributed by atoms with Gasteiger partial charge in [0.2, 0.25) is 0 Å². The van der Waals surface area contributed by atoms with Crippen LogP contribution in [-0.4, -0.2) is 17.6 Å². The molecule has 0 amide bonds. The molecule has 0 aliphatic carbocycles. The van der Waals surface area contributed by atoms with Gasteiger partial charge < -0.3 is 5.32 Å². The summed E-state index contributed by atoms with van der Waals surface area (Å²) in [6, 6.07) is 13.4. The summed E-state index contributed by atoms with van der Waals surface area (Å²) in [4.78, 5) is 4.48. The van der Waals surface area contributed by atoms with Crippen molar-refractivity contribution in [2.45, 2.75) is 39.2 Å². The molecule has 1 heterocycles. The Balaban J connectivity index is 1.93. The number of benzene rings is 1. The van der Waals surface area contributed by atoms with E-state index in [9.17, 15) is 0 Å². The van der Waals surface area contributed by atoms with Gasteiger partial charge in [-0.15, -0.1) is 0 Å². The normalized spacial score (nSPS) is 12.3. The number of pyridine rings is 1. The van der Waals surface area contributed by atoms with Crippen LogP contribution in [0.2, 0.25) is 0 Å². The fraction of sp³-hybridized carbons (Fsp3) is 0.389. The SMILES string of the molecule is CCNC(CCc1cccc(C)c1)Cc1ccc(Br)cn1. The monoisotopic (exact) mass is 346 g/mol. The molecule has 1 unspecified atom stereocenters. The summed E-state index contributed by atoms with van der Waals surface area (Å²) in [6.07, 6.45) is 5.09. The molecule has 21 heavy (non-hydrogen) atoms. The number of halogens is 1. The van der Waals surface area contributed by atoms with Crippen molar-refractivity contribution in [3.63, 3.8) is 0 Å². The molecule has 0 saturated carbocycles. The Bertz CT molecular complexity index is 551. The Hall–Kier alpha value is -1.19. The summed E-state index contributed by atoms with van der Waals surface area (Å²) in [6.45, 7) is 5.31. The molecule has 2 aromatic rings. The molecule has 0 radical (unpaired) electrons. The maximum Gasteiger partial charge on any atom is 0.0419 e. The molecule has 1 atom stereocenters. The van der Waals surface area contributed by atoms with Gasteiger partial charge in [-0.05, 0) is 59.9 Å². The number of hydrogen-bond donors (Lipinski definition) is 1. The highest BCUT2D eigenvalue weighted by Crippen LogP contribution is 2.12. The first-order valence-corrected chi connectivity index (χ1v) is 8.36. The van der Waals surface area contributed by atoms with Crippen LogP contribution in [0.3, 0.4) is 0 Å². The highest BCUT2D eigenvalue weighted by Gasteiger charge is 2.09. The summed E-state index contributed by atoms with van der Waals surface area (Å²) >= 11 is 3.43. The van der Waals surface area contributed by atoms with Gasteiger partial charge in [-0.3, -0.25) is 4.98 Å². The highest BCUT2D eigenvalue weighted by molar-refractivity contribution is 9.10. The van der Waals surface area contributed by atoms with Crippen LogP contribution in [0.25, 0.3) is 0 Å².